The van der Waals surface area contributed by atoms with Crippen LogP contribution in [0.15, 0.2) is 29.6 Å². The maximum absolute atomic E-state index is 13.6. The van der Waals surface area contributed by atoms with Gasteiger partial charge >= 0.3 is 0 Å². The van der Waals surface area contributed by atoms with Gasteiger partial charge in [-0.1, -0.05) is 18.2 Å². The number of benzene rings is 1. The Morgan fingerprint density at radius 1 is 1.45 bits per heavy atom. The van der Waals surface area contributed by atoms with Gasteiger partial charge in [0.1, 0.15) is 11.5 Å². The van der Waals surface area contributed by atoms with Gasteiger partial charge < -0.3 is 11.1 Å². The van der Waals surface area contributed by atoms with Crippen LogP contribution >= 0.6 is 11.3 Å². The van der Waals surface area contributed by atoms with E-state index in [0.29, 0.717) is 30.1 Å². The van der Waals surface area contributed by atoms with E-state index >= 15 is 0 Å². The summed E-state index contributed by atoms with van der Waals surface area (Å²) in [5.41, 5.74) is 6.66. The van der Waals surface area contributed by atoms with Gasteiger partial charge in [0.15, 0.2) is 0 Å². The molecule has 1 atom stereocenters. The molecule has 0 saturated heterocycles. The Balaban J connectivity index is 1.65. The first-order valence-electron chi connectivity index (χ1n) is 7.36. The van der Waals surface area contributed by atoms with Crippen LogP contribution < -0.4 is 11.1 Å². The summed E-state index contributed by atoms with van der Waals surface area (Å²) in [6.45, 7) is 0.447. The van der Waals surface area contributed by atoms with Crippen molar-refractivity contribution in [3.05, 3.63) is 51.7 Å². The third kappa shape index (κ3) is 3.51. The fourth-order valence-electron chi connectivity index (χ4n) is 2.41. The van der Waals surface area contributed by atoms with Crippen LogP contribution in [0.4, 0.5) is 4.39 Å². The number of nitrogens with zero attached hydrogens (tertiary/aromatic N) is 1. The quantitative estimate of drug-likeness (QED) is 0.859. The van der Waals surface area contributed by atoms with Crippen molar-refractivity contribution in [1.29, 1.82) is 0 Å². The number of carbonyl (C=O) groups is 1. The lowest BCUT2D eigenvalue weighted by molar-refractivity contribution is 0.0929. The van der Waals surface area contributed by atoms with Gasteiger partial charge in [0, 0.05) is 24.4 Å². The first-order valence-corrected chi connectivity index (χ1v) is 8.24. The van der Waals surface area contributed by atoms with E-state index in [2.05, 4.69) is 10.3 Å². The third-order valence-electron chi connectivity index (χ3n) is 3.85. The van der Waals surface area contributed by atoms with E-state index in [-0.39, 0.29) is 17.8 Å². The molecule has 1 fully saturated rings. The predicted molar refractivity (Wildman–Crippen MR) is 84.4 cm³/mol. The molecule has 0 aliphatic heterocycles. The molecule has 1 aliphatic carbocycles. The molecule has 1 saturated carbocycles. The van der Waals surface area contributed by atoms with Gasteiger partial charge in [0.25, 0.3) is 5.91 Å². The molecule has 2 aromatic rings. The van der Waals surface area contributed by atoms with E-state index < -0.39 is 0 Å². The van der Waals surface area contributed by atoms with Gasteiger partial charge in [-0.05, 0) is 30.4 Å². The SMILES string of the molecule is NCC(NC(=O)c1csc(Cc2ccccc2F)n1)C1CC1. The fourth-order valence-corrected chi connectivity index (χ4v) is 3.21. The van der Waals surface area contributed by atoms with Crippen LogP contribution in [0.1, 0.15) is 33.9 Å². The summed E-state index contributed by atoms with van der Waals surface area (Å²) in [6, 6.07) is 6.64. The van der Waals surface area contributed by atoms with Crippen molar-refractivity contribution < 1.29 is 9.18 Å². The zero-order valence-corrected chi connectivity index (χ0v) is 12.9. The number of hydrogen-bond acceptors (Lipinski definition) is 4. The number of nitrogens with two attached hydrogens (primary N) is 1. The Bertz CT molecular complexity index is 669. The van der Waals surface area contributed by atoms with Crippen LogP contribution in [0.2, 0.25) is 0 Å². The molecule has 1 aliphatic rings. The molecular weight excluding hydrogens is 301 g/mol. The maximum atomic E-state index is 13.6. The van der Waals surface area contributed by atoms with E-state index in [1.54, 1.807) is 23.6 Å². The van der Waals surface area contributed by atoms with Crippen molar-refractivity contribution in [2.24, 2.45) is 11.7 Å². The highest BCUT2D eigenvalue weighted by molar-refractivity contribution is 7.09. The normalized spacial score (nSPS) is 15.5. The average molecular weight is 319 g/mol. The summed E-state index contributed by atoms with van der Waals surface area (Å²) >= 11 is 1.37. The molecule has 116 valence electrons. The summed E-state index contributed by atoms with van der Waals surface area (Å²) in [7, 11) is 0. The zero-order chi connectivity index (χ0) is 15.5. The summed E-state index contributed by atoms with van der Waals surface area (Å²) in [6.07, 6.45) is 2.64. The second-order valence-electron chi connectivity index (χ2n) is 5.55. The van der Waals surface area contributed by atoms with Crippen LogP contribution in [0, 0.1) is 11.7 Å². The van der Waals surface area contributed by atoms with E-state index in [9.17, 15) is 9.18 Å². The maximum Gasteiger partial charge on any atom is 0.271 e. The second-order valence-corrected chi connectivity index (χ2v) is 6.49. The van der Waals surface area contributed by atoms with Gasteiger partial charge in [0.2, 0.25) is 0 Å². The van der Waals surface area contributed by atoms with Crippen molar-refractivity contribution in [2.75, 3.05) is 6.54 Å². The van der Waals surface area contributed by atoms with E-state index in [0.717, 1.165) is 17.8 Å². The number of carbonyl (C=O) groups excluding carboxylic acids is 1. The highest BCUT2D eigenvalue weighted by Crippen LogP contribution is 2.32. The van der Waals surface area contributed by atoms with Gasteiger partial charge in [0.05, 0.1) is 5.01 Å². The predicted octanol–water partition coefficient (Wildman–Crippen LogP) is 2.34. The highest BCUT2D eigenvalue weighted by atomic mass is 32.1. The topological polar surface area (TPSA) is 68.0 Å². The van der Waals surface area contributed by atoms with Gasteiger partial charge in [-0.3, -0.25) is 4.79 Å². The molecule has 4 nitrogen and oxygen atoms in total. The third-order valence-corrected chi connectivity index (χ3v) is 4.69. The van der Waals surface area contributed by atoms with Crippen molar-refractivity contribution in [2.45, 2.75) is 25.3 Å². The van der Waals surface area contributed by atoms with E-state index in [1.165, 1.54) is 17.4 Å². The van der Waals surface area contributed by atoms with Crippen LogP contribution in [-0.4, -0.2) is 23.5 Å². The summed E-state index contributed by atoms with van der Waals surface area (Å²) < 4.78 is 13.6. The lowest BCUT2D eigenvalue weighted by atomic mass is 10.1. The molecule has 1 aromatic heterocycles. The molecule has 1 aromatic carbocycles. The Labute approximate surface area is 132 Å². The fraction of sp³-hybridized carbons (Fsp3) is 0.375. The first-order chi connectivity index (χ1) is 10.7. The summed E-state index contributed by atoms with van der Waals surface area (Å²) in [4.78, 5) is 16.5. The van der Waals surface area contributed by atoms with Crippen LogP contribution in [0.3, 0.4) is 0 Å². The minimum absolute atomic E-state index is 0.0317. The molecule has 3 rings (SSSR count). The molecular formula is C16H18FN3OS. The van der Waals surface area contributed by atoms with Crippen molar-refractivity contribution in [3.8, 4) is 0 Å². The molecule has 3 N–H and O–H groups in total. The number of rotatable bonds is 6. The number of amides is 1. The monoisotopic (exact) mass is 319 g/mol. The van der Waals surface area contributed by atoms with Crippen LogP contribution in [-0.2, 0) is 6.42 Å². The molecule has 6 heteroatoms. The average Bonchev–Trinajstić information content (AvgIpc) is 3.26. The largest absolute Gasteiger partial charge is 0.346 e. The lowest BCUT2D eigenvalue weighted by Crippen LogP contribution is -2.41. The number of thiazole rings is 1. The molecule has 1 amide bonds. The van der Waals surface area contributed by atoms with E-state index in [1.807, 2.05) is 0 Å². The summed E-state index contributed by atoms with van der Waals surface area (Å²) in [5, 5.41) is 5.38. The minimum atomic E-state index is -0.249. The van der Waals surface area contributed by atoms with E-state index in [4.69, 9.17) is 5.73 Å². The van der Waals surface area contributed by atoms with Gasteiger partial charge in [-0.25, -0.2) is 9.37 Å². The van der Waals surface area contributed by atoms with Gasteiger partial charge in [-0.2, -0.15) is 0 Å². The minimum Gasteiger partial charge on any atom is -0.346 e. The molecule has 0 radical (unpaired) electrons. The molecule has 0 spiro atoms. The smallest absolute Gasteiger partial charge is 0.271 e. The van der Waals surface area contributed by atoms with Crippen molar-refractivity contribution in [1.82, 2.24) is 10.3 Å². The second kappa shape index (κ2) is 6.54. The zero-order valence-electron chi connectivity index (χ0n) is 12.1. The molecule has 1 unspecified atom stereocenters. The highest BCUT2D eigenvalue weighted by Gasteiger charge is 2.31. The molecule has 1 heterocycles. The standard InChI is InChI=1S/C16H18FN3OS/c17-12-4-2-1-3-11(12)7-15-19-14(9-22-15)16(21)20-13(8-18)10-5-6-10/h1-4,9-10,13H,5-8,18H2,(H,20,21). The lowest BCUT2D eigenvalue weighted by Gasteiger charge is -2.14. The van der Waals surface area contributed by atoms with Crippen LogP contribution in [0.25, 0.3) is 0 Å². The number of halogens is 1. The Morgan fingerprint density at radius 3 is 2.91 bits per heavy atom. The molecule has 0 bridgehead atoms. The Morgan fingerprint density at radius 2 is 2.23 bits per heavy atom. The Hall–Kier alpha value is -1.79. The van der Waals surface area contributed by atoms with Gasteiger partial charge in [-0.15, -0.1) is 11.3 Å². The first kappa shape index (κ1) is 15.1. The van der Waals surface area contributed by atoms with Crippen molar-refractivity contribution >= 4 is 17.2 Å². The van der Waals surface area contributed by atoms with Crippen LogP contribution in [0.5, 0.6) is 0 Å². The molecule has 22 heavy (non-hydrogen) atoms. The Kier molecular flexibility index (Phi) is 4.49. The number of hydrogen-bond donors (Lipinski definition) is 2. The van der Waals surface area contributed by atoms with Crippen molar-refractivity contribution in [3.63, 3.8) is 0 Å². The number of nitrogens with one attached hydrogen (secondary N) is 1. The number of aromatic nitrogens is 1. The summed E-state index contributed by atoms with van der Waals surface area (Å²) in [5.74, 6) is 0.0597.